The minimum absolute atomic E-state index is 0.0781. The van der Waals surface area contributed by atoms with Crippen molar-refractivity contribution in [3.8, 4) is 5.69 Å². The van der Waals surface area contributed by atoms with E-state index >= 15 is 0 Å². The molecule has 1 aromatic heterocycles. The molecular formula is C15H18N4OS. The minimum Gasteiger partial charge on any atom is -0.351 e. The Morgan fingerprint density at radius 3 is 2.57 bits per heavy atom. The van der Waals surface area contributed by atoms with Gasteiger partial charge in [-0.25, -0.2) is 9.48 Å². The molecule has 1 aliphatic rings. The number of nitrogens with zero attached hydrogens (tertiary/aromatic N) is 2. The van der Waals surface area contributed by atoms with Gasteiger partial charge in [0.05, 0.1) is 11.4 Å². The first-order valence-corrected chi connectivity index (χ1v) is 7.95. The number of aromatic nitrogens is 2. The summed E-state index contributed by atoms with van der Waals surface area (Å²) in [4.78, 5) is 11.2. The molecule has 2 aromatic rings. The normalized spacial score (nSPS) is 16.3. The van der Waals surface area contributed by atoms with Crippen LogP contribution in [0.3, 0.4) is 0 Å². The van der Waals surface area contributed by atoms with E-state index in [1.807, 2.05) is 49.0 Å². The molecule has 1 aliphatic heterocycles. The summed E-state index contributed by atoms with van der Waals surface area (Å²) >= 11 is 1.90. The van der Waals surface area contributed by atoms with Gasteiger partial charge in [-0.15, -0.1) is 0 Å². The summed E-state index contributed by atoms with van der Waals surface area (Å²) in [7, 11) is 0. The predicted octanol–water partition coefficient (Wildman–Crippen LogP) is 2.68. The largest absolute Gasteiger partial charge is 0.351 e. The first kappa shape index (κ1) is 14.0. The summed E-state index contributed by atoms with van der Waals surface area (Å²) < 4.78 is 1.74. The van der Waals surface area contributed by atoms with Gasteiger partial charge in [0, 0.05) is 23.0 Å². The summed E-state index contributed by atoms with van der Waals surface area (Å²) in [5.74, 6) is 2.71. The number of hydrogen-bond donors (Lipinski definition) is 2. The highest BCUT2D eigenvalue weighted by Crippen LogP contribution is 2.40. The molecule has 110 valence electrons. The summed E-state index contributed by atoms with van der Waals surface area (Å²) in [5, 5.41) is 7.35. The highest BCUT2D eigenvalue weighted by atomic mass is 32.2. The summed E-state index contributed by atoms with van der Waals surface area (Å²) in [6.07, 6.45) is 0. The van der Waals surface area contributed by atoms with Crippen LogP contribution in [0.2, 0.25) is 0 Å². The molecule has 0 unspecified atom stereocenters. The first-order chi connectivity index (χ1) is 9.98. The van der Waals surface area contributed by atoms with Crippen molar-refractivity contribution in [1.29, 1.82) is 0 Å². The van der Waals surface area contributed by atoms with Gasteiger partial charge in [-0.1, -0.05) is 24.6 Å². The van der Waals surface area contributed by atoms with Crippen LogP contribution >= 0.6 is 11.8 Å². The SMILES string of the molecule is Cc1ccc(-n2nc(C3(C)CSC3)cc2NC(N)=O)cc1. The molecule has 0 spiro atoms. The Labute approximate surface area is 127 Å². The van der Waals surface area contributed by atoms with Crippen LogP contribution in [0.25, 0.3) is 5.69 Å². The van der Waals surface area contributed by atoms with E-state index in [1.54, 1.807) is 4.68 Å². The fourth-order valence-electron chi connectivity index (χ4n) is 2.33. The average molecular weight is 302 g/mol. The molecule has 0 aliphatic carbocycles. The number of hydrogen-bond acceptors (Lipinski definition) is 3. The number of carbonyl (C=O) groups excluding carboxylic acids is 1. The van der Waals surface area contributed by atoms with Crippen molar-refractivity contribution in [3.05, 3.63) is 41.6 Å². The Hall–Kier alpha value is -1.95. The number of rotatable bonds is 3. The van der Waals surface area contributed by atoms with Gasteiger partial charge in [0.1, 0.15) is 5.82 Å². The number of nitrogens with two attached hydrogens (primary N) is 1. The quantitative estimate of drug-likeness (QED) is 0.915. The highest BCUT2D eigenvalue weighted by Gasteiger charge is 2.37. The monoisotopic (exact) mass is 302 g/mol. The topological polar surface area (TPSA) is 72.9 Å². The van der Waals surface area contributed by atoms with Crippen LogP contribution in [0.1, 0.15) is 18.2 Å². The molecule has 0 atom stereocenters. The zero-order valence-corrected chi connectivity index (χ0v) is 12.9. The first-order valence-electron chi connectivity index (χ1n) is 6.80. The molecule has 1 saturated heterocycles. The van der Waals surface area contributed by atoms with E-state index in [1.165, 1.54) is 5.56 Å². The molecular weight excluding hydrogens is 284 g/mol. The number of anilines is 1. The second kappa shape index (κ2) is 5.11. The average Bonchev–Trinajstić information content (AvgIpc) is 2.80. The van der Waals surface area contributed by atoms with Crippen molar-refractivity contribution in [2.75, 3.05) is 16.8 Å². The lowest BCUT2D eigenvalue weighted by atomic mass is 9.91. The predicted molar refractivity (Wildman–Crippen MR) is 86.2 cm³/mol. The van der Waals surface area contributed by atoms with E-state index in [2.05, 4.69) is 17.3 Å². The smallest absolute Gasteiger partial charge is 0.317 e. The van der Waals surface area contributed by atoms with Crippen molar-refractivity contribution >= 4 is 23.6 Å². The molecule has 0 radical (unpaired) electrons. The minimum atomic E-state index is -0.581. The molecule has 3 N–H and O–H groups in total. The van der Waals surface area contributed by atoms with E-state index in [0.717, 1.165) is 22.9 Å². The van der Waals surface area contributed by atoms with Crippen LogP contribution in [0, 0.1) is 6.92 Å². The van der Waals surface area contributed by atoms with Gasteiger partial charge in [-0.2, -0.15) is 16.9 Å². The molecule has 5 nitrogen and oxygen atoms in total. The van der Waals surface area contributed by atoms with Gasteiger partial charge in [-0.05, 0) is 19.1 Å². The molecule has 3 rings (SSSR count). The Bertz CT molecular complexity index is 673. The molecule has 0 bridgehead atoms. The van der Waals surface area contributed by atoms with Crippen molar-refractivity contribution in [2.24, 2.45) is 5.73 Å². The third-order valence-corrected chi connectivity index (χ3v) is 5.38. The van der Waals surface area contributed by atoms with Gasteiger partial charge < -0.3 is 5.73 Å². The van der Waals surface area contributed by atoms with Crippen LogP contribution in [-0.4, -0.2) is 27.3 Å². The van der Waals surface area contributed by atoms with Crippen LogP contribution in [0.15, 0.2) is 30.3 Å². The Morgan fingerprint density at radius 1 is 1.38 bits per heavy atom. The summed E-state index contributed by atoms with van der Waals surface area (Å²) in [6.45, 7) is 4.23. The second-order valence-corrected chi connectivity index (χ2v) is 6.69. The van der Waals surface area contributed by atoms with E-state index in [9.17, 15) is 4.79 Å². The van der Waals surface area contributed by atoms with Gasteiger partial charge in [-0.3, -0.25) is 5.32 Å². The summed E-state index contributed by atoms with van der Waals surface area (Å²) in [5.41, 5.74) is 8.42. The number of thioether (sulfide) groups is 1. The van der Waals surface area contributed by atoms with Crippen molar-refractivity contribution < 1.29 is 4.79 Å². The van der Waals surface area contributed by atoms with Crippen LogP contribution < -0.4 is 11.1 Å². The molecule has 1 fully saturated rings. The zero-order chi connectivity index (χ0) is 15.0. The number of urea groups is 1. The van der Waals surface area contributed by atoms with E-state index in [0.29, 0.717) is 5.82 Å². The number of carbonyl (C=O) groups is 1. The number of aryl methyl sites for hydroxylation is 1. The van der Waals surface area contributed by atoms with Crippen molar-refractivity contribution in [3.63, 3.8) is 0 Å². The maximum Gasteiger partial charge on any atom is 0.317 e. The lowest BCUT2D eigenvalue weighted by molar-refractivity contribution is 0.259. The van der Waals surface area contributed by atoms with Gasteiger partial charge in [0.2, 0.25) is 0 Å². The number of primary amides is 1. The number of amides is 2. The van der Waals surface area contributed by atoms with E-state index in [4.69, 9.17) is 5.73 Å². The maximum absolute atomic E-state index is 11.2. The van der Waals surface area contributed by atoms with E-state index < -0.39 is 6.03 Å². The molecule has 2 amide bonds. The van der Waals surface area contributed by atoms with Gasteiger partial charge in [0.15, 0.2) is 0 Å². The molecule has 6 heteroatoms. The molecule has 21 heavy (non-hydrogen) atoms. The van der Waals surface area contributed by atoms with Crippen LogP contribution in [0.5, 0.6) is 0 Å². The number of nitrogens with one attached hydrogen (secondary N) is 1. The van der Waals surface area contributed by atoms with Crippen LogP contribution in [-0.2, 0) is 5.41 Å². The molecule has 0 saturated carbocycles. The van der Waals surface area contributed by atoms with Crippen molar-refractivity contribution in [2.45, 2.75) is 19.3 Å². The fourth-order valence-corrected chi connectivity index (χ4v) is 3.44. The fraction of sp³-hybridized carbons (Fsp3) is 0.333. The molecule has 2 heterocycles. The lowest BCUT2D eigenvalue weighted by Gasteiger charge is -2.35. The number of benzene rings is 1. The Morgan fingerprint density at radius 2 is 2.05 bits per heavy atom. The maximum atomic E-state index is 11.2. The lowest BCUT2D eigenvalue weighted by Crippen LogP contribution is -2.37. The Kier molecular flexibility index (Phi) is 3.41. The highest BCUT2D eigenvalue weighted by molar-refractivity contribution is 8.00. The van der Waals surface area contributed by atoms with E-state index in [-0.39, 0.29) is 5.41 Å². The van der Waals surface area contributed by atoms with Gasteiger partial charge >= 0.3 is 6.03 Å². The van der Waals surface area contributed by atoms with Gasteiger partial charge in [0.25, 0.3) is 0 Å². The Balaban J connectivity index is 2.04. The summed E-state index contributed by atoms with van der Waals surface area (Å²) in [6, 6.07) is 9.34. The second-order valence-electron chi connectivity index (χ2n) is 5.70. The zero-order valence-electron chi connectivity index (χ0n) is 12.1. The molecule has 1 aromatic carbocycles. The third kappa shape index (κ3) is 2.63. The van der Waals surface area contributed by atoms with Crippen LogP contribution in [0.4, 0.5) is 10.6 Å². The standard InChI is InChI=1S/C15H18N4OS/c1-10-3-5-11(6-4-10)19-13(17-14(16)20)7-12(18-19)15(2)8-21-9-15/h3-7H,8-9H2,1-2H3,(H3,16,17,20). The van der Waals surface area contributed by atoms with Crippen molar-refractivity contribution in [1.82, 2.24) is 9.78 Å². The third-order valence-electron chi connectivity index (χ3n) is 3.70.